The summed E-state index contributed by atoms with van der Waals surface area (Å²) in [5.41, 5.74) is 2.90. The summed E-state index contributed by atoms with van der Waals surface area (Å²) in [4.78, 5) is 37.3. The number of anilines is 3. The van der Waals surface area contributed by atoms with Gasteiger partial charge in [0.15, 0.2) is 0 Å². The van der Waals surface area contributed by atoms with Gasteiger partial charge in [0.1, 0.15) is 6.04 Å². The fourth-order valence-corrected chi connectivity index (χ4v) is 2.87. The van der Waals surface area contributed by atoms with Crippen LogP contribution in [0.2, 0.25) is 0 Å². The zero-order chi connectivity index (χ0) is 18.0. The van der Waals surface area contributed by atoms with Crippen molar-refractivity contribution in [3.8, 4) is 0 Å². The van der Waals surface area contributed by atoms with Crippen LogP contribution in [0.3, 0.4) is 0 Å². The molecule has 1 heterocycles. The Balaban J connectivity index is 1.74. The van der Waals surface area contributed by atoms with Crippen LogP contribution in [0.25, 0.3) is 0 Å². The van der Waals surface area contributed by atoms with Crippen molar-refractivity contribution < 1.29 is 14.4 Å². The smallest absolute Gasteiger partial charge is 0.256 e. The quantitative estimate of drug-likeness (QED) is 0.841. The number of para-hydroxylation sites is 1. The van der Waals surface area contributed by atoms with Gasteiger partial charge in [-0.3, -0.25) is 14.4 Å². The van der Waals surface area contributed by atoms with Crippen LogP contribution in [0.5, 0.6) is 0 Å². The number of carbonyl (C=O) groups is 3. The Morgan fingerprint density at radius 2 is 1.68 bits per heavy atom. The molecule has 0 saturated carbocycles. The highest BCUT2D eigenvalue weighted by Crippen LogP contribution is 2.27. The molecule has 128 valence electrons. The van der Waals surface area contributed by atoms with E-state index in [0.717, 1.165) is 5.56 Å². The summed E-state index contributed by atoms with van der Waals surface area (Å²) >= 11 is 0. The molecule has 2 aromatic rings. The lowest BCUT2D eigenvalue weighted by molar-refractivity contribution is -0.121. The monoisotopic (exact) mass is 337 g/mol. The third-order valence-corrected chi connectivity index (χ3v) is 4.05. The van der Waals surface area contributed by atoms with E-state index in [2.05, 4.69) is 10.6 Å². The summed E-state index contributed by atoms with van der Waals surface area (Å²) in [6.45, 7) is 3.31. The molecular formula is C19H19N3O3. The number of imide groups is 1. The van der Waals surface area contributed by atoms with Gasteiger partial charge in [-0.15, -0.1) is 0 Å². The number of hydrogen-bond donors (Lipinski definition) is 2. The van der Waals surface area contributed by atoms with Crippen molar-refractivity contribution in [1.82, 2.24) is 0 Å². The van der Waals surface area contributed by atoms with E-state index in [1.54, 1.807) is 30.3 Å². The third-order valence-electron chi connectivity index (χ3n) is 4.05. The molecule has 0 radical (unpaired) electrons. The van der Waals surface area contributed by atoms with E-state index in [1.807, 2.05) is 25.1 Å². The maximum Gasteiger partial charge on any atom is 0.256 e. The second kappa shape index (κ2) is 6.76. The van der Waals surface area contributed by atoms with Gasteiger partial charge in [-0.25, -0.2) is 4.90 Å². The number of rotatable bonds is 4. The molecule has 1 atom stereocenters. The third kappa shape index (κ3) is 3.52. The average molecular weight is 337 g/mol. The summed E-state index contributed by atoms with van der Waals surface area (Å²) in [5.74, 6) is -0.622. The van der Waals surface area contributed by atoms with E-state index >= 15 is 0 Å². The van der Waals surface area contributed by atoms with Crippen LogP contribution in [-0.4, -0.2) is 23.8 Å². The average Bonchev–Trinajstić information content (AvgIpc) is 2.83. The summed E-state index contributed by atoms with van der Waals surface area (Å²) in [6.07, 6.45) is 0.112. The topological polar surface area (TPSA) is 78.5 Å². The standard InChI is InChI=1S/C19H19N3O3/c1-12-5-3-4-6-17(12)22-18(24)11-16(19(22)25)21-15-9-7-14(8-10-15)20-13(2)23/h3-10,16,21H,11H2,1-2H3,(H,20,23)/t16-/m1/s1. The van der Waals surface area contributed by atoms with E-state index in [1.165, 1.54) is 11.8 Å². The lowest BCUT2D eigenvalue weighted by atomic mass is 10.2. The molecular weight excluding hydrogens is 318 g/mol. The van der Waals surface area contributed by atoms with Gasteiger partial charge in [0.25, 0.3) is 5.91 Å². The molecule has 0 spiro atoms. The molecule has 2 aromatic carbocycles. The minimum Gasteiger partial charge on any atom is -0.373 e. The Morgan fingerprint density at radius 3 is 2.32 bits per heavy atom. The van der Waals surface area contributed by atoms with Crippen molar-refractivity contribution >= 4 is 34.8 Å². The van der Waals surface area contributed by atoms with Crippen molar-refractivity contribution in [2.75, 3.05) is 15.5 Å². The van der Waals surface area contributed by atoms with Gasteiger partial charge in [-0.1, -0.05) is 18.2 Å². The van der Waals surface area contributed by atoms with Crippen molar-refractivity contribution in [1.29, 1.82) is 0 Å². The van der Waals surface area contributed by atoms with Crippen LogP contribution in [0, 0.1) is 6.92 Å². The normalized spacial score (nSPS) is 16.9. The molecule has 1 aliphatic rings. The number of aryl methyl sites for hydroxylation is 1. The number of carbonyl (C=O) groups excluding carboxylic acids is 3. The van der Waals surface area contributed by atoms with Crippen LogP contribution in [0.4, 0.5) is 17.1 Å². The number of nitrogens with one attached hydrogen (secondary N) is 2. The van der Waals surface area contributed by atoms with Gasteiger partial charge < -0.3 is 10.6 Å². The molecule has 3 rings (SSSR count). The fraction of sp³-hybridized carbons (Fsp3) is 0.211. The predicted molar refractivity (Wildman–Crippen MR) is 96.4 cm³/mol. The van der Waals surface area contributed by atoms with Crippen LogP contribution >= 0.6 is 0 Å². The van der Waals surface area contributed by atoms with Gasteiger partial charge >= 0.3 is 0 Å². The Labute approximate surface area is 145 Å². The van der Waals surface area contributed by atoms with E-state index in [0.29, 0.717) is 17.1 Å². The number of amides is 3. The number of benzene rings is 2. The summed E-state index contributed by atoms with van der Waals surface area (Å²) in [6, 6.07) is 13.7. The fourth-order valence-electron chi connectivity index (χ4n) is 2.87. The van der Waals surface area contributed by atoms with Crippen molar-refractivity contribution in [3.63, 3.8) is 0 Å². The van der Waals surface area contributed by atoms with Crippen molar-refractivity contribution in [3.05, 3.63) is 54.1 Å². The highest BCUT2D eigenvalue weighted by atomic mass is 16.2. The molecule has 6 nitrogen and oxygen atoms in total. The molecule has 2 N–H and O–H groups in total. The first kappa shape index (κ1) is 16.7. The second-order valence-corrected chi connectivity index (χ2v) is 6.01. The van der Waals surface area contributed by atoms with Gasteiger partial charge in [0, 0.05) is 18.3 Å². The predicted octanol–water partition coefficient (Wildman–Crippen LogP) is 2.70. The maximum absolute atomic E-state index is 12.7. The first-order valence-corrected chi connectivity index (χ1v) is 8.02. The van der Waals surface area contributed by atoms with Crippen LogP contribution in [0.15, 0.2) is 48.5 Å². The molecule has 1 fully saturated rings. The lowest BCUT2D eigenvalue weighted by Gasteiger charge is -2.18. The molecule has 25 heavy (non-hydrogen) atoms. The highest BCUT2D eigenvalue weighted by Gasteiger charge is 2.40. The molecule has 0 unspecified atom stereocenters. The summed E-state index contributed by atoms with van der Waals surface area (Å²) in [7, 11) is 0. The van der Waals surface area contributed by atoms with Gasteiger partial charge in [0.2, 0.25) is 11.8 Å². The second-order valence-electron chi connectivity index (χ2n) is 6.01. The summed E-state index contributed by atoms with van der Waals surface area (Å²) < 4.78 is 0. The molecule has 0 aromatic heterocycles. The first-order chi connectivity index (χ1) is 12.0. The Bertz CT molecular complexity index is 830. The van der Waals surface area contributed by atoms with E-state index in [-0.39, 0.29) is 24.1 Å². The Kier molecular flexibility index (Phi) is 4.52. The largest absolute Gasteiger partial charge is 0.373 e. The molecule has 0 aliphatic carbocycles. The maximum atomic E-state index is 12.7. The van der Waals surface area contributed by atoms with Gasteiger partial charge in [-0.2, -0.15) is 0 Å². The Morgan fingerprint density at radius 1 is 1.04 bits per heavy atom. The van der Waals surface area contributed by atoms with Gasteiger partial charge in [-0.05, 0) is 42.8 Å². The highest BCUT2D eigenvalue weighted by molar-refractivity contribution is 6.23. The van der Waals surface area contributed by atoms with Crippen molar-refractivity contribution in [2.45, 2.75) is 26.3 Å². The van der Waals surface area contributed by atoms with Crippen LogP contribution < -0.4 is 15.5 Å². The van der Waals surface area contributed by atoms with Gasteiger partial charge in [0.05, 0.1) is 12.1 Å². The first-order valence-electron chi connectivity index (χ1n) is 8.02. The molecule has 3 amide bonds. The Hall–Kier alpha value is -3.15. The van der Waals surface area contributed by atoms with E-state index in [9.17, 15) is 14.4 Å². The molecule has 0 bridgehead atoms. The molecule has 6 heteroatoms. The van der Waals surface area contributed by atoms with Crippen LogP contribution in [0.1, 0.15) is 18.9 Å². The molecule has 1 aliphatic heterocycles. The summed E-state index contributed by atoms with van der Waals surface area (Å²) in [5, 5.41) is 5.78. The SMILES string of the molecule is CC(=O)Nc1ccc(N[C@@H]2CC(=O)N(c3ccccc3C)C2=O)cc1. The number of hydrogen-bond acceptors (Lipinski definition) is 4. The van der Waals surface area contributed by atoms with Crippen molar-refractivity contribution in [2.24, 2.45) is 0 Å². The number of nitrogens with zero attached hydrogens (tertiary/aromatic N) is 1. The zero-order valence-corrected chi connectivity index (χ0v) is 14.1. The van der Waals surface area contributed by atoms with E-state index < -0.39 is 6.04 Å². The molecule has 1 saturated heterocycles. The van der Waals surface area contributed by atoms with Crippen LogP contribution in [-0.2, 0) is 14.4 Å². The zero-order valence-electron chi connectivity index (χ0n) is 14.1. The minimum atomic E-state index is -0.598. The van der Waals surface area contributed by atoms with E-state index in [4.69, 9.17) is 0 Å². The lowest BCUT2D eigenvalue weighted by Crippen LogP contribution is -2.35. The minimum absolute atomic E-state index is 0.112.